The zero-order valence-electron chi connectivity index (χ0n) is 17.3. The van der Waals surface area contributed by atoms with Crippen molar-refractivity contribution in [2.45, 2.75) is 44.3 Å². The van der Waals surface area contributed by atoms with Gasteiger partial charge in [-0.1, -0.05) is 42.5 Å². The van der Waals surface area contributed by atoms with E-state index in [9.17, 15) is 18.8 Å². The molecule has 2 aliphatic heterocycles. The Labute approximate surface area is 181 Å². The molecule has 2 aliphatic rings. The minimum absolute atomic E-state index is 0.0271. The topological polar surface area (TPSA) is 69.7 Å². The lowest BCUT2D eigenvalue weighted by Gasteiger charge is -2.31. The van der Waals surface area contributed by atoms with Gasteiger partial charge in [-0.25, -0.2) is 4.39 Å². The minimum Gasteiger partial charge on any atom is -0.350 e. The van der Waals surface area contributed by atoms with E-state index in [1.807, 2.05) is 30.3 Å². The molecule has 2 aromatic carbocycles. The fraction of sp³-hybridized carbons (Fsp3) is 0.375. The van der Waals surface area contributed by atoms with Crippen molar-refractivity contribution < 1.29 is 18.8 Å². The summed E-state index contributed by atoms with van der Waals surface area (Å²) in [6.45, 7) is 1.29. The molecule has 3 amide bonds. The Hall–Kier alpha value is -3.22. The van der Waals surface area contributed by atoms with E-state index in [-0.39, 0.29) is 17.4 Å². The fourth-order valence-corrected chi connectivity index (χ4v) is 4.45. The summed E-state index contributed by atoms with van der Waals surface area (Å²) < 4.78 is 14.1. The van der Waals surface area contributed by atoms with Crippen LogP contribution in [0.1, 0.15) is 41.6 Å². The Morgan fingerprint density at radius 3 is 2.26 bits per heavy atom. The maximum Gasteiger partial charge on any atom is 0.257 e. The smallest absolute Gasteiger partial charge is 0.257 e. The zero-order valence-corrected chi connectivity index (χ0v) is 17.3. The maximum absolute atomic E-state index is 14.1. The molecule has 0 aromatic heterocycles. The molecule has 2 heterocycles. The van der Waals surface area contributed by atoms with E-state index in [4.69, 9.17) is 0 Å². The van der Waals surface area contributed by atoms with Gasteiger partial charge in [0.2, 0.25) is 11.8 Å². The summed E-state index contributed by atoms with van der Waals surface area (Å²) >= 11 is 0. The number of nitrogens with zero attached hydrogens (tertiary/aromatic N) is 2. The van der Waals surface area contributed by atoms with Gasteiger partial charge in [-0.05, 0) is 43.4 Å². The average molecular weight is 423 g/mol. The normalized spacial score (nSPS) is 20.7. The third-order valence-corrected chi connectivity index (χ3v) is 6.05. The van der Waals surface area contributed by atoms with Crippen LogP contribution < -0.4 is 5.32 Å². The Morgan fingerprint density at radius 2 is 1.52 bits per heavy atom. The van der Waals surface area contributed by atoms with Gasteiger partial charge in [-0.2, -0.15) is 0 Å². The van der Waals surface area contributed by atoms with E-state index < -0.39 is 23.8 Å². The quantitative estimate of drug-likeness (QED) is 0.804. The van der Waals surface area contributed by atoms with Gasteiger partial charge in [0.1, 0.15) is 17.9 Å². The van der Waals surface area contributed by atoms with Gasteiger partial charge in [0, 0.05) is 19.6 Å². The molecule has 7 heteroatoms. The van der Waals surface area contributed by atoms with Gasteiger partial charge in [-0.3, -0.25) is 14.4 Å². The molecule has 0 saturated carbocycles. The maximum atomic E-state index is 14.1. The predicted octanol–water partition coefficient (Wildman–Crippen LogP) is 2.74. The second-order valence-electron chi connectivity index (χ2n) is 8.03. The van der Waals surface area contributed by atoms with Crippen LogP contribution in [0, 0.1) is 5.82 Å². The minimum atomic E-state index is -0.658. The highest BCUT2D eigenvalue weighted by Crippen LogP contribution is 2.27. The van der Waals surface area contributed by atoms with Crippen LogP contribution in [0.15, 0.2) is 54.6 Å². The van der Waals surface area contributed by atoms with E-state index >= 15 is 0 Å². The van der Waals surface area contributed by atoms with Crippen LogP contribution in [0.25, 0.3) is 0 Å². The third kappa shape index (κ3) is 4.45. The van der Waals surface area contributed by atoms with Crippen LogP contribution in [0.4, 0.5) is 4.39 Å². The first-order chi connectivity index (χ1) is 15.1. The van der Waals surface area contributed by atoms with Gasteiger partial charge in [0.15, 0.2) is 0 Å². The van der Waals surface area contributed by atoms with E-state index in [1.54, 1.807) is 11.0 Å². The van der Waals surface area contributed by atoms with Crippen molar-refractivity contribution in [1.29, 1.82) is 0 Å². The summed E-state index contributed by atoms with van der Waals surface area (Å²) in [6.07, 6.45) is 2.53. The van der Waals surface area contributed by atoms with Crippen molar-refractivity contribution in [3.8, 4) is 0 Å². The Balaban J connectivity index is 1.44. The van der Waals surface area contributed by atoms with Gasteiger partial charge in [0.05, 0.1) is 5.56 Å². The second kappa shape index (κ2) is 9.29. The molecule has 4 rings (SSSR count). The second-order valence-corrected chi connectivity index (χ2v) is 8.03. The molecule has 6 nitrogen and oxygen atoms in total. The van der Waals surface area contributed by atoms with Crippen molar-refractivity contribution in [3.63, 3.8) is 0 Å². The van der Waals surface area contributed by atoms with Crippen molar-refractivity contribution in [3.05, 3.63) is 71.5 Å². The average Bonchev–Trinajstić information content (AvgIpc) is 3.47. The molecule has 0 bridgehead atoms. The van der Waals surface area contributed by atoms with E-state index in [0.717, 1.165) is 12.0 Å². The Morgan fingerprint density at radius 1 is 0.871 bits per heavy atom. The highest BCUT2D eigenvalue weighted by molar-refractivity contribution is 5.99. The Bertz CT molecular complexity index is 966. The lowest BCUT2D eigenvalue weighted by Crippen LogP contribution is -2.52. The molecule has 2 atom stereocenters. The van der Waals surface area contributed by atoms with E-state index in [2.05, 4.69) is 5.32 Å². The van der Waals surface area contributed by atoms with Crippen LogP contribution in [0.5, 0.6) is 0 Å². The number of carbonyl (C=O) groups excluding carboxylic acids is 3. The number of rotatable bonds is 5. The van der Waals surface area contributed by atoms with Crippen molar-refractivity contribution >= 4 is 17.7 Å². The van der Waals surface area contributed by atoms with Crippen molar-refractivity contribution in [2.75, 3.05) is 13.1 Å². The molecular formula is C24H26FN3O3. The Kier molecular flexibility index (Phi) is 6.30. The van der Waals surface area contributed by atoms with Crippen molar-refractivity contribution in [2.24, 2.45) is 0 Å². The number of hydrogen-bond donors (Lipinski definition) is 1. The molecule has 0 spiro atoms. The lowest BCUT2D eigenvalue weighted by atomic mass is 10.1. The predicted molar refractivity (Wildman–Crippen MR) is 113 cm³/mol. The first kappa shape index (κ1) is 21.0. The van der Waals surface area contributed by atoms with E-state index in [1.165, 1.54) is 23.1 Å². The molecule has 0 unspecified atom stereocenters. The number of nitrogens with one attached hydrogen (secondary N) is 1. The van der Waals surface area contributed by atoms with Gasteiger partial charge >= 0.3 is 0 Å². The van der Waals surface area contributed by atoms with Gasteiger partial charge < -0.3 is 15.1 Å². The molecular weight excluding hydrogens is 397 g/mol. The molecule has 2 saturated heterocycles. The molecule has 1 N–H and O–H groups in total. The highest BCUT2D eigenvalue weighted by Gasteiger charge is 2.42. The SMILES string of the molecule is O=C(NCc1ccccc1)[C@@H]1CCCN1C(=O)[C@H]1CCCN1C(=O)c1ccccc1F. The van der Waals surface area contributed by atoms with E-state index in [0.29, 0.717) is 38.9 Å². The van der Waals surface area contributed by atoms with Gasteiger partial charge in [-0.15, -0.1) is 0 Å². The summed E-state index contributed by atoms with van der Waals surface area (Å²) in [5, 5.41) is 2.92. The van der Waals surface area contributed by atoms with Crippen LogP contribution in [0.3, 0.4) is 0 Å². The lowest BCUT2D eigenvalue weighted by molar-refractivity contribution is -0.141. The number of hydrogen-bond acceptors (Lipinski definition) is 3. The van der Waals surface area contributed by atoms with Crippen LogP contribution >= 0.6 is 0 Å². The summed E-state index contributed by atoms with van der Waals surface area (Å²) in [5.74, 6) is -1.47. The standard InChI is InChI=1S/C24H26FN3O3/c25-19-11-5-4-10-18(19)23(30)28-15-7-13-21(28)24(31)27-14-6-12-20(27)22(29)26-16-17-8-2-1-3-9-17/h1-5,8-11,20-21H,6-7,12-16H2,(H,26,29)/t20-,21+/m0/s1. The van der Waals surface area contributed by atoms with Crippen molar-refractivity contribution in [1.82, 2.24) is 15.1 Å². The summed E-state index contributed by atoms with van der Waals surface area (Å²) in [5.41, 5.74) is 0.963. The summed E-state index contributed by atoms with van der Waals surface area (Å²) in [7, 11) is 0. The molecule has 31 heavy (non-hydrogen) atoms. The van der Waals surface area contributed by atoms with Crippen LogP contribution in [-0.2, 0) is 16.1 Å². The molecule has 162 valence electrons. The first-order valence-corrected chi connectivity index (χ1v) is 10.7. The molecule has 0 radical (unpaired) electrons. The summed E-state index contributed by atoms with van der Waals surface area (Å²) in [6, 6.07) is 14.2. The third-order valence-electron chi connectivity index (χ3n) is 6.05. The highest BCUT2D eigenvalue weighted by atomic mass is 19.1. The number of benzene rings is 2. The summed E-state index contributed by atoms with van der Waals surface area (Å²) in [4.78, 5) is 42.1. The molecule has 2 aromatic rings. The van der Waals surface area contributed by atoms with Crippen LogP contribution in [0.2, 0.25) is 0 Å². The zero-order chi connectivity index (χ0) is 21.8. The molecule has 2 fully saturated rings. The van der Waals surface area contributed by atoms with Crippen LogP contribution in [-0.4, -0.2) is 52.7 Å². The first-order valence-electron chi connectivity index (χ1n) is 10.7. The number of likely N-dealkylation sites (tertiary alicyclic amines) is 2. The number of carbonyl (C=O) groups is 3. The molecule has 0 aliphatic carbocycles. The monoisotopic (exact) mass is 423 g/mol. The largest absolute Gasteiger partial charge is 0.350 e. The van der Waals surface area contributed by atoms with Gasteiger partial charge in [0.25, 0.3) is 5.91 Å². The fourth-order valence-electron chi connectivity index (χ4n) is 4.45. The number of amides is 3. The number of halogens is 1.